The lowest BCUT2D eigenvalue weighted by Crippen LogP contribution is -2.16. The molecule has 0 aliphatic carbocycles. The summed E-state index contributed by atoms with van der Waals surface area (Å²) >= 11 is 1.49. The van der Waals surface area contributed by atoms with Crippen molar-refractivity contribution in [2.45, 2.75) is 12.2 Å². The second-order valence-corrected chi connectivity index (χ2v) is 7.07. The molecule has 1 aliphatic rings. The molecule has 1 unspecified atom stereocenters. The Morgan fingerprint density at radius 1 is 1.33 bits per heavy atom. The summed E-state index contributed by atoms with van der Waals surface area (Å²) in [4.78, 5) is 20.8. The van der Waals surface area contributed by atoms with Crippen molar-refractivity contribution >= 4 is 23.5 Å². The predicted molar refractivity (Wildman–Crippen MR) is 101 cm³/mol. The number of aromatic hydroxyl groups is 1. The molecule has 1 aliphatic heterocycles. The average Bonchev–Trinajstić information content (AvgIpc) is 2.89. The first-order valence-electron chi connectivity index (χ1n) is 8.23. The summed E-state index contributed by atoms with van der Waals surface area (Å²) in [6.07, 6.45) is 3.25. The third-order valence-electron chi connectivity index (χ3n) is 4.26. The highest BCUT2D eigenvalue weighted by Gasteiger charge is 2.31. The van der Waals surface area contributed by atoms with Crippen molar-refractivity contribution in [3.63, 3.8) is 0 Å². The van der Waals surface area contributed by atoms with Crippen molar-refractivity contribution in [2.24, 2.45) is 0 Å². The summed E-state index contributed by atoms with van der Waals surface area (Å²) in [7, 11) is 1.51. The van der Waals surface area contributed by atoms with Gasteiger partial charge in [0.2, 0.25) is 5.91 Å². The Morgan fingerprint density at radius 2 is 2.11 bits per heavy atom. The number of phenols is 1. The second kappa shape index (κ2) is 6.92. The van der Waals surface area contributed by atoms with Crippen molar-refractivity contribution < 1.29 is 14.6 Å². The van der Waals surface area contributed by atoms with Crippen LogP contribution in [0, 0.1) is 6.92 Å². The van der Waals surface area contributed by atoms with Gasteiger partial charge in [0.25, 0.3) is 5.95 Å². The van der Waals surface area contributed by atoms with Crippen molar-refractivity contribution in [2.75, 3.05) is 18.2 Å². The van der Waals surface area contributed by atoms with Gasteiger partial charge in [0.1, 0.15) is 5.82 Å². The molecule has 0 radical (unpaired) electrons. The smallest absolute Gasteiger partial charge is 0.252 e. The summed E-state index contributed by atoms with van der Waals surface area (Å²) in [5.41, 5.74) is 2.55. The number of aromatic nitrogens is 4. The molecule has 1 atom stereocenters. The van der Waals surface area contributed by atoms with Crippen LogP contribution < -0.4 is 10.1 Å². The van der Waals surface area contributed by atoms with Gasteiger partial charge in [-0.2, -0.15) is 9.78 Å². The molecule has 0 saturated heterocycles. The third kappa shape index (κ3) is 3.10. The number of anilines is 1. The lowest BCUT2D eigenvalue weighted by atomic mass is 10.0. The molecule has 0 saturated carbocycles. The fourth-order valence-corrected chi connectivity index (χ4v) is 4.23. The fraction of sp³-hybridized carbons (Fsp3) is 0.222. The number of phenolic OH excluding ortho intramolecular Hbond substituents is 1. The van der Waals surface area contributed by atoms with E-state index in [9.17, 15) is 9.90 Å². The van der Waals surface area contributed by atoms with Gasteiger partial charge >= 0.3 is 0 Å². The van der Waals surface area contributed by atoms with E-state index in [0.29, 0.717) is 17.5 Å². The molecule has 3 heterocycles. The molecule has 4 rings (SSSR count). The number of carbonyl (C=O) groups is 1. The maximum Gasteiger partial charge on any atom is 0.252 e. The van der Waals surface area contributed by atoms with Crippen LogP contribution in [0.15, 0.2) is 36.7 Å². The van der Waals surface area contributed by atoms with Crippen LogP contribution >= 0.6 is 11.8 Å². The van der Waals surface area contributed by atoms with Crippen LogP contribution in [0.1, 0.15) is 22.1 Å². The maximum atomic E-state index is 12.3. The van der Waals surface area contributed by atoms with E-state index in [1.165, 1.54) is 18.9 Å². The van der Waals surface area contributed by atoms with Crippen LogP contribution in [0.5, 0.6) is 11.5 Å². The number of amides is 1. The Kier molecular flexibility index (Phi) is 4.44. The maximum absolute atomic E-state index is 12.3. The minimum absolute atomic E-state index is 0.0689. The van der Waals surface area contributed by atoms with Gasteiger partial charge < -0.3 is 15.2 Å². The number of ether oxygens (including phenoxy) is 1. The Balaban J connectivity index is 1.88. The average molecular weight is 383 g/mol. The topological polar surface area (TPSA) is 102 Å². The highest BCUT2D eigenvalue weighted by Crippen LogP contribution is 2.45. The van der Waals surface area contributed by atoms with Crippen molar-refractivity contribution in [3.05, 3.63) is 53.5 Å². The summed E-state index contributed by atoms with van der Waals surface area (Å²) in [5, 5.41) is 17.2. The van der Waals surface area contributed by atoms with Gasteiger partial charge in [0.05, 0.1) is 23.8 Å². The Morgan fingerprint density at radius 3 is 2.85 bits per heavy atom. The van der Waals surface area contributed by atoms with Crippen molar-refractivity contribution in [1.82, 2.24) is 19.7 Å². The van der Waals surface area contributed by atoms with Gasteiger partial charge in [-0.3, -0.25) is 4.79 Å². The van der Waals surface area contributed by atoms with Crippen LogP contribution in [0.2, 0.25) is 0 Å². The molecule has 9 heteroatoms. The standard InChI is InChI=1S/C18H17N5O3S/c1-10-15-16(11-4-5-12(24)13(8-11)26-2)27-9-14(25)21-17(15)23(22-10)18-19-6-3-7-20-18/h3-8,16,24H,9H2,1-2H3,(H,21,25). The van der Waals surface area contributed by atoms with Crippen molar-refractivity contribution in [1.29, 1.82) is 0 Å². The summed E-state index contributed by atoms with van der Waals surface area (Å²) < 4.78 is 6.79. The van der Waals surface area contributed by atoms with E-state index in [1.54, 1.807) is 35.3 Å². The van der Waals surface area contributed by atoms with Crippen molar-refractivity contribution in [3.8, 4) is 17.4 Å². The predicted octanol–water partition coefficient (Wildman–Crippen LogP) is 2.46. The lowest BCUT2D eigenvalue weighted by Gasteiger charge is -2.16. The van der Waals surface area contributed by atoms with Gasteiger partial charge in [-0.05, 0) is 30.7 Å². The zero-order chi connectivity index (χ0) is 19.0. The molecule has 1 aromatic carbocycles. The summed E-state index contributed by atoms with van der Waals surface area (Å²) in [6.45, 7) is 1.89. The van der Waals surface area contributed by atoms with Gasteiger partial charge in [-0.1, -0.05) is 6.07 Å². The number of nitrogens with zero attached hydrogens (tertiary/aromatic N) is 4. The van der Waals surface area contributed by atoms with E-state index in [4.69, 9.17) is 4.74 Å². The number of hydrogen-bond acceptors (Lipinski definition) is 7. The number of hydrogen-bond donors (Lipinski definition) is 2. The van der Waals surface area contributed by atoms with Crippen LogP contribution in [-0.4, -0.2) is 43.6 Å². The number of aryl methyl sites for hydroxylation is 1. The zero-order valence-corrected chi connectivity index (χ0v) is 15.5. The minimum atomic E-state index is -0.161. The molecule has 2 aromatic heterocycles. The SMILES string of the molecule is COc1cc(C2SCC(=O)Nc3c2c(C)nn3-c2ncccn2)ccc1O. The first-order valence-corrected chi connectivity index (χ1v) is 9.28. The van der Waals surface area contributed by atoms with Crippen LogP contribution in [-0.2, 0) is 4.79 Å². The van der Waals surface area contributed by atoms with Crippen LogP contribution in [0.3, 0.4) is 0 Å². The number of carbonyl (C=O) groups excluding carboxylic acids is 1. The number of benzene rings is 1. The number of methoxy groups -OCH3 is 1. The molecule has 2 N–H and O–H groups in total. The molecule has 138 valence electrons. The normalized spacial score (nSPS) is 16.4. The lowest BCUT2D eigenvalue weighted by molar-refractivity contribution is -0.113. The number of fused-ring (bicyclic) bond motifs is 1. The fourth-order valence-electron chi connectivity index (χ4n) is 3.05. The monoisotopic (exact) mass is 383 g/mol. The van der Waals surface area contributed by atoms with Gasteiger partial charge in [0, 0.05) is 18.0 Å². The summed E-state index contributed by atoms with van der Waals surface area (Å²) in [5.74, 6) is 1.57. The molecular weight excluding hydrogens is 366 g/mol. The number of nitrogens with one attached hydrogen (secondary N) is 1. The van der Waals surface area contributed by atoms with E-state index in [1.807, 2.05) is 13.0 Å². The molecule has 0 spiro atoms. The van der Waals surface area contributed by atoms with E-state index >= 15 is 0 Å². The zero-order valence-electron chi connectivity index (χ0n) is 14.7. The van der Waals surface area contributed by atoms with E-state index in [-0.39, 0.29) is 22.7 Å². The summed E-state index contributed by atoms with van der Waals surface area (Å²) in [6, 6.07) is 6.92. The number of thioether (sulfide) groups is 1. The first-order chi connectivity index (χ1) is 13.1. The first kappa shape index (κ1) is 17.3. The van der Waals surface area contributed by atoms with E-state index in [2.05, 4.69) is 20.4 Å². The Labute approximate surface area is 159 Å². The molecule has 1 amide bonds. The number of rotatable bonds is 3. The molecule has 0 bridgehead atoms. The van der Waals surface area contributed by atoms with Gasteiger partial charge in [0.15, 0.2) is 11.5 Å². The quantitative estimate of drug-likeness (QED) is 0.716. The van der Waals surface area contributed by atoms with Gasteiger partial charge in [-0.25, -0.2) is 9.97 Å². The Bertz CT molecular complexity index is 1010. The molecule has 3 aromatic rings. The van der Waals surface area contributed by atoms with E-state index in [0.717, 1.165) is 16.8 Å². The molecule has 0 fully saturated rings. The minimum Gasteiger partial charge on any atom is -0.504 e. The molecular formula is C18H17N5O3S. The Hall–Kier alpha value is -3.07. The van der Waals surface area contributed by atoms with Gasteiger partial charge in [-0.15, -0.1) is 11.8 Å². The highest BCUT2D eigenvalue weighted by molar-refractivity contribution is 8.00. The second-order valence-electron chi connectivity index (χ2n) is 5.98. The van der Waals surface area contributed by atoms with Crippen LogP contribution in [0.4, 0.5) is 5.82 Å². The molecule has 27 heavy (non-hydrogen) atoms. The molecule has 8 nitrogen and oxygen atoms in total. The van der Waals surface area contributed by atoms with Crippen LogP contribution in [0.25, 0.3) is 5.95 Å². The largest absolute Gasteiger partial charge is 0.504 e. The van der Waals surface area contributed by atoms with E-state index < -0.39 is 0 Å². The third-order valence-corrected chi connectivity index (χ3v) is 5.53. The highest BCUT2D eigenvalue weighted by atomic mass is 32.2.